The van der Waals surface area contributed by atoms with Gasteiger partial charge in [-0.1, -0.05) is 43.2 Å². The summed E-state index contributed by atoms with van der Waals surface area (Å²) in [6.07, 6.45) is -14.6. The molecule has 9 rings (SSSR count). The van der Waals surface area contributed by atoms with Crippen molar-refractivity contribution in [1.29, 1.82) is 5.26 Å². The first kappa shape index (κ1) is 74.4. The monoisotopic (exact) mass is 1400 g/mol. The fraction of sp³-hybridized carbons (Fsp3) is 0.350. The third kappa shape index (κ3) is 21.2. The number of ether oxygens (including phenoxy) is 1. The smallest absolute Gasteiger partial charge is 0.382 e. The van der Waals surface area contributed by atoms with E-state index in [0.717, 1.165) is 107 Å². The second kappa shape index (κ2) is 33.0. The first-order chi connectivity index (χ1) is 44.2. The minimum Gasteiger partial charge on any atom is -0.382 e. The van der Waals surface area contributed by atoms with Crippen molar-refractivity contribution in [3.05, 3.63) is 150 Å². The van der Waals surface area contributed by atoms with E-state index in [0.29, 0.717) is 84.7 Å². The van der Waals surface area contributed by atoms with Crippen LogP contribution in [0, 0.1) is 18.3 Å². The van der Waals surface area contributed by atoms with E-state index in [2.05, 4.69) is 41.7 Å². The summed E-state index contributed by atoms with van der Waals surface area (Å²) in [6.45, 7) is 8.55. The van der Waals surface area contributed by atoms with Crippen LogP contribution in [0.5, 0.6) is 0 Å². The fourth-order valence-electron chi connectivity index (χ4n) is 8.24. The van der Waals surface area contributed by atoms with Gasteiger partial charge in [0.25, 0.3) is 23.6 Å². The molecule has 4 amide bonds. The Morgan fingerprint density at radius 3 is 1.06 bits per heavy atom. The summed E-state index contributed by atoms with van der Waals surface area (Å²) in [4.78, 5) is 51.4. The molecule has 0 saturated heterocycles. The molecule has 0 aliphatic heterocycles. The van der Waals surface area contributed by atoms with Gasteiger partial charge in [0.05, 0.1) is 45.1 Å². The number of carbonyl (C=O) groups is 4. The minimum absolute atomic E-state index is 0.131. The van der Waals surface area contributed by atoms with E-state index in [1.807, 2.05) is 45.0 Å². The molecule has 8 heterocycles. The Labute approximate surface area is 546 Å². The van der Waals surface area contributed by atoms with E-state index in [4.69, 9.17) is 10.00 Å². The molecule has 0 spiro atoms. The predicted octanol–water partition coefficient (Wildman–Crippen LogP) is 13.9. The zero-order chi connectivity index (χ0) is 69.3. The third-order valence-corrected chi connectivity index (χ3v) is 17.4. The first-order valence-electron chi connectivity index (χ1n) is 28.2. The predicted molar refractivity (Wildman–Crippen MR) is 332 cm³/mol. The van der Waals surface area contributed by atoms with Gasteiger partial charge >= 0.3 is 24.7 Å². The highest BCUT2D eigenvalue weighted by molar-refractivity contribution is 7.18. The second-order valence-electron chi connectivity index (χ2n) is 20.0. The zero-order valence-corrected chi connectivity index (χ0v) is 54.3. The molecule has 504 valence electrons. The van der Waals surface area contributed by atoms with Crippen LogP contribution in [0.15, 0.2) is 97.1 Å². The number of carbonyl (C=O) groups excluding carboxylic acids is 4. The lowest BCUT2D eigenvalue weighted by molar-refractivity contribution is -0.144. The van der Waals surface area contributed by atoms with E-state index in [1.165, 1.54) is 45.9 Å². The lowest BCUT2D eigenvalue weighted by Gasteiger charge is -2.04. The summed E-state index contributed by atoms with van der Waals surface area (Å²) in [5.41, 5.74) is -0.257. The van der Waals surface area contributed by atoms with E-state index in [1.54, 1.807) is 42.5 Å². The molecule has 0 fully saturated rings. The van der Waals surface area contributed by atoms with Crippen LogP contribution < -0.4 is 21.3 Å². The van der Waals surface area contributed by atoms with Crippen molar-refractivity contribution in [2.45, 2.75) is 71.2 Å². The Morgan fingerprint density at radius 1 is 0.468 bits per heavy atom. The van der Waals surface area contributed by atoms with Gasteiger partial charge in [-0.3, -0.25) is 37.9 Å². The Kier molecular flexibility index (Phi) is 26.1. The number of amides is 4. The van der Waals surface area contributed by atoms with Crippen LogP contribution in [-0.4, -0.2) is 102 Å². The molecule has 94 heavy (non-hydrogen) atoms. The SMILES string of the molecule is CCCCNC(=O)c1ccc(-c2cc(C(F)(F)F)n(C)n2)s1.CCOCCCNC(=O)c1ccc(-c2cc(C(F)(F)F)n(C)n2)s1.Cc1ccc(CCNC(=O)c2ccc(-c3cc(C(F)(F)F)n(C)n3)s2)cc1.Cn1nc(-c2ccc(C(=O)NCC#N)s2)cc1C(F)(F)F. The molecule has 0 aliphatic carbocycles. The number of nitrogens with zero attached hydrogens (tertiary/aromatic N) is 9. The van der Waals surface area contributed by atoms with E-state index in [-0.39, 0.29) is 47.0 Å². The average molecular weight is 1400 g/mol. The van der Waals surface area contributed by atoms with Crippen LogP contribution in [0.4, 0.5) is 52.7 Å². The van der Waals surface area contributed by atoms with Gasteiger partial charge in [0.1, 0.15) is 52.1 Å². The lowest BCUT2D eigenvalue weighted by atomic mass is 10.1. The molecule has 0 saturated carbocycles. The van der Waals surface area contributed by atoms with Gasteiger partial charge in [-0.25, -0.2) is 0 Å². The van der Waals surface area contributed by atoms with Crippen molar-refractivity contribution in [2.24, 2.45) is 28.2 Å². The molecule has 9 aromatic rings. The van der Waals surface area contributed by atoms with Crippen LogP contribution >= 0.6 is 45.3 Å². The number of hydrogen-bond acceptors (Lipinski definition) is 14. The average Bonchev–Trinajstić information content (AvgIpc) is 1.69. The quantitative estimate of drug-likeness (QED) is 0.0321. The molecule has 34 heteroatoms. The number of rotatable bonds is 20. The Balaban J connectivity index is 0.000000200. The van der Waals surface area contributed by atoms with E-state index in [9.17, 15) is 71.9 Å². The molecule has 1 aromatic carbocycles. The Hall–Kier alpha value is -8.65. The van der Waals surface area contributed by atoms with Crippen molar-refractivity contribution < 1.29 is 76.6 Å². The number of aromatic nitrogens is 8. The fourth-order valence-corrected chi connectivity index (χ4v) is 11.8. The standard InChI is InChI=1S/C19H18F3N3OS.C15H18F3N3O2S.C14H16F3N3OS.C12H9F3N4OS/c1-12-3-5-13(6-4-12)9-10-23-18(26)16-8-7-15(27-16)14-11-17(19(20,21)22)25(2)24-14;1-3-23-8-4-7-19-14(22)12-6-5-11(24-12)10-9-13(15(16,17)18)21(2)20-10;1-3-4-7-18-13(21)11-6-5-10(22-11)9-8-12(14(15,16)17)20(2)19-9;1-19-10(12(13,14)15)6-7(18-19)8-2-3-9(21-8)11(20)17-5-4-16/h3-8,11H,9-10H2,1-2H3,(H,23,26);5-6,9H,3-4,7-8H2,1-2H3,(H,19,22);5-6,8H,3-4,7H2,1-2H3,(H,18,21);2-3,6H,5H2,1H3,(H,17,20). The van der Waals surface area contributed by atoms with Gasteiger partial charge < -0.3 is 26.0 Å². The molecule has 0 unspecified atom stereocenters. The number of thiophene rings is 4. The minimum atomic E-state index is -4.48. The number of hydrogen-bond donors (Lipinski definition) is 4. The van der Waals surface area contributed by atoms with Crippen molar-refractivity contribution in [1.82, 2.24) is 60.4 Å². The van der Waals surface area contributed by atoms with Crippen LogP contribution in [0.2, 0.25) is 0 Å². The highest BCUT2D eigenvalue weighted by atomic mass is 32.1. The van der Waals surface area contributed by atoms with Crippen molar-refractivity contribution in [3.8, 4) is 48.4 Å². The summed E-state index contributed by atoms with van der Waals surface area (Å²) >= 11 is 4.37. The normalized spacial score (nSPS) is 11.6. The van der Waals surface area contributed by atoms with Gasteiger partial charge in [-0.15, -0.1) is 45.3 Å². The molecule has 0 radical (unpaired) electrons. The summed E-state index contributed by atoms with van der Waals surface area (Å²) in [6, 6.07) is 26.3. The number of nitriles is 1. The molecule has 0 atom stereocenters. The van der Waals surface area contributed by atoms with E-state index < -0.39 is 53.4 Å². The molecule has 8 aromatic heterocycles. The molecule has 4 N–H and O–H groups in total. The molecule has 18 nitrogen and oxygen atoms in total. The van der Waals surface area contributed by atoms with Crippen LogP contribution in [0.25, 0.3) is 42.3 Å². The molecule has 0 aliphatic rings. The van der Waals surface area contributed by atoms with Gasteiger partial charge in [-0.2, -0.15) is 78.3 Å². The molecular formula is C60H61F12N13O5S4. The van der Waals surface area contributed by atoms with Gasteiger partial charge in [0.2, 0.25) is 0 Å². The molecule has 0 bridgehead atoms. The van der Waals surface area contributed by atoms with Gasteiger partial charge in [0.15, 0.2) is 0 Å². The highest BCUT2D eigenvalue weighted by Crippen LogP contribution is 2.38. The van der Waals surface area contributed by atoms with Crippen LogP contribution in [-0.2, 0) is 64.1 Å². The topological polar surface area (TPSA) is 221 Å². The van der Waals surface area contributed by atoms with Crippen molar-refractivity contribution in [2.75, 3.05) is 39.4 Å². The van der Waals surface area contributed by atoms with Crippen molar-refractivity contribution in [3.63, 3.8) is 0 Å². The van der Waals surface area contributed by atoms with Crippen LogP contribution in [0.3, 0.4) is 0 Å². The third-order valence-electron chi connectivity index (χ3n) is 12.9. The maximum Gasteiger partial charge on any atom is 0.433 e. The molecular weight excluding hydrogens is 1340 g/mol. The summed E-state index contributed by atoms with van der Waals surface area (Å²) in [7, 11) is 4.95. The largest absolute Gasteiger partial charge is 0.433 e. The maximum absolute atomic E-state index is 12.9. The number of aryl methyl sites for hydroxylation is 5. The van der Waals surface area contributed by atoms with Crippen LogP contribution in [0.1, 0.15) is 106 Å². The lowest BCUT2D eigenvalue weighted by Crippen LogP contribution is -2.24. The maximum atomic E-state index is 12.9. The highest BCUT2D eigenvalue weighted by Gasteiger charge is 2.38. The second-order valence-corrected chi connectivity index (χ2v) is 24.4. The summed E-state index contributed by atoms with van der Waals surface area (Å²) < 4.78 is 162. The summed E-state index contributed by atoms with van der Waals surface area (Å²) in [5.74, 6) is -1.16. The van der Waals surface area contributed by atoms with Gasteiger partial charge in [-0.05, 0) is 111 Å². The summed E-state index contributed by atoms with van der Waals surface area (Å²) in [5, 5.41) is 34.5. The number of benzene rings is 1. The first-order valence-corrected chi connectivity index (χ1v) is 31.5. The van der Waals surface area contributed by atoms with E-state index >= 15 is 0 Å². The Morgan fingerprint density at radius 2 is 0.777 bits per heavy atom. The number of nitrogens with one attached hydrogen (secondary N) is 4. The van der Waals surface area contributed by atoms with Crippen molar-refractivity contribution >= 4 is 69.0 Å². The number of alkyl halides is 12. The number of halogens is 12. The Bertz CT molecular complexity index is 4030. The van der Waals surface area contributed by atoms with Gasteiger partial charge in [0, 0.05) is 61.0 Å². The zero-order valence-electron chi connectivity index (χ0n) is 51.0. The number of unbranched alkanes of at least 4 members (excludes halogenated alkanes) is 1.